The fourth-order valence-corrected chi connectivity index (χ4v) is 2.54. The van der Waals surface area contributed by atoms with Crippen LogP contribution in [-0.2, 0) is 11.2 Å². The number of carbonyl (C=O) groups is 1. The number of amides is 1. The lowest BCUT2D eigenvalue weighted by atomic mass is 10.1. The molecule has 1 aromatic heterocycles. The summed E-state index contributed by atoms with van der Waals surface area (Å²) in [5.74, 6) is -0.257. The maximum Gasteiger partial charge on any atom is 0.324 e. The first-order valence-corrected chi connectivity index (χ1v) is 7.23. The van der Waals surface area contributed by atoms with Crippen LogP contribution in [0, 0.1) is 10.1 Å². The van der Waals surface area contributed by atoms with Gasteiger partial charge in [-0.3, -0.25) is 14.9 Å². The zero-order chi connectivity index (χ0) is 15.2. The van der Waals surface area contributed by atoms with E-state index in [1.165, 1.54) is 12.1 Å². The SMILES string of the molecule is CCc1ccccc1NC(=O)C=Cc1ccc([N+](=O)[O-])s1. The number of para-hydroxylation sites is 1. The molecule has 21 heavy (non-hydrogen) atoms. The van der Waals surface area contributed by atoms with Gasteiger partial charge in [-0.05, 0) is 30.2 Å². The van der Waals surface area contributed by atoms with Gasteiger partial charge in [0.05, 0.1) is 4.92 Å². The van der Waals surface area contributed by atoms with Crippen molar-refractivity contribution in [3.8, 4) is 0 Å². The predicted molar refractivity (Wildman–Crippen MR) is 84.5 cm³/mol. The Balaban J connectivity index is 2.03. The van der Waals surface area contributed by atoms with Crippen LogP contribution in [0.2, 0.25) is 0 Å². The van der Waals surface area contributed by atoms with Crippen molar-refractivity contribution in [1.29, 1.82) is 0 Å². The van der Waals surface area contributed by atoms with Gasteiger partial charge in [0, 0.05) is 22.7 Å². The van der Waals surface area contributed by atoms with Crippen molar-refractivity contribution in [2.24, 2.45) is 0 Å². The second-order valence-electron chi connectivity index (χ2n) is 4.27. The van der Waals surface area contributed by atoms with Crippen molar-refractivity contribution in [1.82, 2.24) is 0 Å². The topological polar surface area (TPSA) is 72.2 Å². The molecule has 1 N–H and O–H groups in total. The van der Waals surface area contributed by atoms with Gasteiger partial charge in [-0.25, -0.2) is 0 Å². The third-order valence-corrected chi connectivity index (χ3v) is 3.85. The van der Waals surface area contributed by atoms with E-state index in [2.05, 4.69) is 5.32 Å². The largest absolute Gasteiger partial charge is 0.324 e. The summed E-state index contributed by atoms with van der Waals surface area (Å²) >= 11 is 1.03. The summed E-state index contributed by atoms with van der Waals surface area (Å²) in [7, 11) is 0. The smallest absolute Gasteiger partial charge is 0.322 e. The average molecular weight is 302 g/mol. The van der Waals surface area contributed by atoms with Crippen LogP contribution < -0.4 is 5.32 Å². The molecule has 0 spiro atoms. The van der Waals surface area contributed by atoms with Crippen molar-refractivity contribution in [2.45, 2.75) is 13.3 Å². The highest BCUT2D eigenvalue weighted by molar-refractivity contribution is 7.16. The van der Waals surface area contributed by atoms with Gasteiger partial charge in [0.1, 0.15) is 0 Å². The number of hydrogen-bond donors (Lipinski definition) is 1. The lowest BCUT2D eigenvalue weighted by molar-refractivity contribution is -0.380. The van der Waals surface area contributed by atoms with E-state index in [4.69, 9.17) is 0 Å². The Morgan fingerprint density at radius 2 is 2.10 bits per heavy atom. The predicted octanol–water partition coefficient (Wildman–Crippen LogP) is 3.87. The molecule has 1 aromatic carbocycles. The lowest BCUT2D eigenvalue weighted by Gasteiger charge is -2.07. The molecule has 5 nitrogen and oxygen atoms in total. The third kappa shape index (κ3) is 4.00. The van der Waals surface area contributed by atoms with Gasteiger partial charge in [0.2, 0.25) is 5.91 Å². The first kappa shape index (κ1) is 14.9. The molecule has 0 aliphatic heterocycles. The molecule has 2 aromatic rings. The zero-order valence-corrected chi connectivity index (χ0v) is 12.2. The first-order chi connectivity index (χ1) is 10.1. The van der Waals surface area contributed by atoms with E-state index in [0.717, 1.165) is 29.0 Å². The van der Waals surface area contributed by atoms with Crippen molar-refractivity contribution >= 4 is 34.0 Å². The van der Waals surface area contributed by atoms with Crippen LogP contribution in [0.1, 0.15) is 17.4 Å². The standard InChI is InChI=1S/C15H14N2O3S/c1-2-11-5-3-4-6-13(11)16-14(18)9-7-12-8-10-15(21-12)17(19)20/h3-10H,2H2,1H3,(H,16,18). The third-order valence-electron chi connectivity index (χ3n) is 2.85. The van der Waals surface area contributed by atoms with Crippen molar-refractivity contribution in [2.75, 3.05) is 5.32 Å². The fraction of sp³-hybridized carbons (Fsp3) is 0.133. The van der Waals surface area contributed by atoms with E-state index in [9.17, 15) is 14.9 Å². The molecule has 0 saturated heterocycles. The van der Waals surface area contributed by atoms with E-state index >= 15 is 0 Å². The minimum atomic E-state index is -0.445. The Morgan fingerprint density at radius 3 is 2.76 bits per heavy atom. The molecule has 0 saturated carbocycles. The minimum Gasteiger partial charge on any atom is -0.322 e. The van der Waals surface area contributed by atoms with Gasteiger partial charge in [0.15, 0.2) is 0 Å². The maximum atomic E-state index is 11.9. The Bertz CT molecular complexity index is 692. The quantitative estimate of drug-likeness (QED) is 0.517. The highest BCUT2D eigenvalue weighted by atomic mass is 32.1. The number of thiophene rings is 1. The highest BCUT2D eigenvalue weighted by Gasteiger charge is 2.08. The maximum absolute atomic E-state index is 11.9. The summed E-state index contributed by atoms with van der Waals surface area (Å²) in [6.07, 6.45) is 3.78. The molecule has 0 bridgehead atoms. The number of anilines is 1. The Kier molecular flexibility index (Phi) is 4.84. The lowest BCUT2D eigenvalue weighted by Crippen LogP contribution is -2.09. The van der Waals surface area contributed by atoms with Crippen molar-refractivity contribution < 1.29 is 9.72 Å². The molecule has 0 aliphatic rings. The van der Waals surface area contributed by atoms with Crippen molar-refractivity contribution in [3.05, 3.63) is 63.0 Å². The molecular formula is C15H14N2O3S. The molecule has 1 amide bonds. The van der Waals surface area contributed by atoms with Crippen LogP contribution in [0.5, 0.6) is 0 Å². The number of aryl methyl sites for hydroxylation is 1. The summed E-state index contributed by atoms with van der Waals surface area (Å²) in [6, 6.07) is 10.6. The molecule has 0 unspecified atom stereocenters. The van der Waals surface area contributed by atoms with E-state index in [1.54, 1.807) is 12.1 Å². The second-order valence-corrected chi connectivity index (χ2v) is 5.36. The van der Waals surface area contributed by atoms with Crippen molar-refractivity contribution in [3.63, 3.8) is 0 Å². The van der Waals surface area contributed by atoms with E-state index < -0.39 is 4.92 Å². The number of carbonyl (C=O) groups excluding carboxylic acids is 1. The number of rotatable bonds is 5. The summed E-state index contributed by atoms with van der Waals surface area (Å²) in [5.41, 5.74) is 1.85. The van der Waals surface area contributed by atoms with Crippen LogP contribution in [0.15, 0.2) is 42.5 Å². The molecule has 0 aliphatic carbocycles. The average Bonchev–Trinajstić information content (AvgIpc) is 2.95. The molecule has 6 heteroatoms. The van der Waals surface area contributed by atoms with Gasteiger partial charge < -0.3 is 5.32 Å². The van der Waals surface area contributed by atoms with Gasteiger partial charge in [-0.15, -0.1) is 0 Å². The van der Waals surface area contributed by atoms with Crippen LogP contribution in [0.4, 0.5) is 10.7 Å². The Hall–Kier alpha value is -2.47. The zero-order valence-electron chi connectivity index (χ0n) is 11.4. The summed E-state index contributed by atoms with van der Waals surface area (Å²) < 4.78 is 0. The molecule has 0 radical (unpaired) electrons. The molecular weight excluding hydrogens is 288 g/mol. The Morgan fingerprint density at radius 1 is 1.33 bits per heavy atom. The van der Waals surface area contributed by atoms with Crippen LogP contribution >= 0.6 is 11.3 Å². The first-order valence-electron chi connectivity index (χ1n) is 6.41. The number of benzene rings is 1. The Labute approximate surface area is 126 Å². The molecule has 108 valence electrons. The second kappa shape index (κ2) is 6.81. The number of nitrogens with zero attached hydrogens (tertiary/aromatic N) is 1. The number of nitro groups is 1. The summed E-state index contributed by atoms with van der Waals surface area (Å²) in [4.78, 5) is 22.7. The molecule has 1 heterocycles. The minimum absolute atomic E-state index is 0.0615. The van der Waals surface area contributed by atoms with Gasteiger partial charge >= 0.3 is 5.00 Å². The molecule has 0 fully saturated rings. The van der Waals surface area contributed by atoms with Gasteiger partial charge in [-0.1, -0.05) is 36.5 Å². The van der Waals surface area contributed by atoms with E-state index in [0.29, 0.717) is 4.88 Å². The van der Waals surface area contributed by atoms with Crippen LogP contribution in [0.3, 0.4) is 0 Å². The normalized spacial score (nSPS) is 10.7. The molecule has 2 rings (SSSR count). The van der Waals surface area contributed by atoms with Crippen LogP contribution in [-0.4, -0.2) is 10.8 Å². The highest BCUT2D eigenvalue weighted by Crippen LogP contribution is 2.24. The fourth-order valence-electron chi connectivity index (χ4n) is 1.81. The van der Waals surface area contributed by atoms with E-state index in [-0.39, 0.29) is 10.9 Å². The number of nitrogens with one attached hydrogen (secondary N) is 1. The molecule has 0 atom stereocenters. The monoisotopic (exact) mass is 302 g/mol. The summed E-state index contributed by atoms with van der Waals surface area (Å²) in [6.45, 7) is 2.02. The number of hydrogen-bond acceptors (Lipinski definition) is 4. The van der Waals surface area contributed by atoms with Gasteiger partial charge in [-0.2, -0.15) is 0 Å². The van der Waals surface area contributed by atoms with E-state index in [1.807, 2.05) is 31.2 Å². The van der Waals surface area contributed by atoms with Gasteiger partial charge in [0.25, 0.3) is 0 Å². The summed E-state index contributed by atoms with van der Waals surface area (Å²) in [5, 5.41) is 13.4. The van der Waals surface area contributed by atoms with Crippen LogP contribution in [0.25, 0.3) is 6.08 Å².